The number of hydrogen-bond donors (Lipinski definition) is 1. The number of halogens is 1. The van der Waals surface area contributed by atoms with Crippen LogP contribution in [0.4, 0.5) is 4.39 Å². The molecule has 1 N–H and O–H groups in total. The third kappa shape index (κ3) is 3.77. The highest BCUT2D eigenvalue weighted by atomic mass is 32.2. The molecular weight excluding hydrogens is 283 g/mol. The Hall–Kier alpha value is -1.47. The molecule has 1 aromatic carbocycles. The minimum atomic E-state index is -3.84. The molecule has 1 amide bonds. The molecule has 0 fully saturated rings. The minimum Gasteiger partial charge on any atom is -0.345 e. The van der Waals surface area contributed by atoms with E-state index in [1.165, 1.54) is 18.7 Å². The number of sulfonamides is 1. The SMILES string of the molecule is CCN(C)C(=O)CNS(=O)(=O)c1c(C)cc(F)cc1C. The maximum Gasteiger partial charge on any atom is 0.241 e. The minimum absolute atomic E-state index is 0.0193. The number of nitrogens with zero attached hydrogens (tertiary/aromatic N) is 1. The summed E-state index contributed by atoms with van der Waals surface area (Å²) >= 11 is 0. The Morgan fingerprint density at radius 3 is 2.25 bits per heavy atom. The Morgan fingerprint density at radius 1 is 1.30 bits per heavy atom. The number of likely N-dealkylation sites (N-methyl/N-ethyl adjacent to an activating group) is 1. The molecule has 0 saturated carbocycles. The Bertz CT molecular complexity index is 591. The number of carbonyl (C=O) groups excluding carboxylic acids is 1. The first-order valence-electron chi connectivity index (χ1n) is 6.19. The summed E-state index contributed by atoms with van der Waals surface area (Å²) in [5.74, 6) is -0.811. The normalized spacial score (nSPS) is 11.4. The third-order valence-corrected chi connectivity index (χ3v) is 4.71. The fourth-order valence-corrected chi connectivity index (χ4v) is 3.28. The fraction of sp³-hybridized carbons (Fsp3) is 0.462. The van der Waals surface area contributed by atoms with Gasteiger partial charge < -0.3 is 4.90 Å². The summed E-state index contributed by atoms with van der Waals surface area (Å²) in [5, 5.41) is 0. The molecule has 0 radical (unpaired) electrons. The molecule has 0 aliphatic carbocycles. The van der Waals surface area contributed by atoms with Gasteiger partial charge in [0, 0.05) is 13.6 Å². The van der Waals surface area contributed by atoms with Crippen molar-refractivity contribution in [2.75, 3.05) is 20.1 Å². The lowest BCUT2D eigenvalue weighted by atomic mass is 10.1. The molecule has 0 aliphatic heterocycles. The Balaban J connectivity index is 2.99. The summed E-state index contributed by atoms with van der Waals surface area (Å²) < 4.78 is 39.8. The van der Waals surface area contributed by atoms with Gasteiger partial charge in [-0.2, -0.15) is 0 Å². The van der Waals surface area contributed by atoms with Gasteiger partial charge in [0.05, 0.1) is 11.4 Å². The zero-order chi connectivity index (χ0) is 15.5. The number of nitrogens with one attached hydrogen (secondary N) is 1. The smallest absolute Gasteiger partial charge is 0.241 e. The van der Waals surface area contributed by atoms with E-state index < -0.39 is 15.8 Å². The van der Waals surface area contributed by atoms with Gasteiger partial charge in [0.25, 0.3) is 0 Å². The second-order valence-electron chi connectivity index (χ2n) is 4.60. The highest BCUT2D eigenvalue weighted by Crippen LogP contribution is 2.21. The van der Waals surface area contributed by atoms with Crippen LogP contribution in [0, 0.1) is 19.7 Å². The monoisotopic (exact) mass is 302 g/mol. The molecule has 1 rings (SSSR count). The van der Waals surface area contributed by atoms with Crippen molar-refractivity contribution in [1.82, 2.24) is 9.62 Å². The van der Waals surface area contributed by atoms with Crippen molar-refractivity contribution in [3.8, 4) is 0 Å². The summed E-state index contributed by atoms with van der Waals surface area (Å²) in [4.78, 5) is 13.0. The van der Waals surface area contributed by atoms with Gasteiger partial charge >= 0.3 is 0 Å². The molecule has 7 heteroatoms. The molecule has 0 saturated heterocycles. The van der Waals surface area contributed by atoms with Gasteiger partial charge in [0.15, 0.2) is 0 Å². The second-order valence-corrected chi connectivity index (χ2v) is 6.30. The van der Waals surface area contributed by atoms with Crippen LogP contribution >= 0.6 is 0 Å². The quantitative estimate of drug-likeness (QED) is 0.889. The third-order valence-electron chi connectivity index (χ3n) is 3.01. The topological polar surface area (TPSA) is 66.5 Å². The van der Waals surface area contributed by atoms with Gasteiger partial charge in [-0.3, -0.25) is 4.79 Å². The standard InChI is InChI=1S/C13H19FN2O3S/c1-5-16(4)12(17)8-15-20(18,19)13-9(2)6-11(14)7-10(13)3/h6-7,15H,5,8H2,1-4H3. The molecule has 20 heavy (non-hydrogen) atoms. The number of carbonyl (C=O) groups is 1. The summed E-state index contributed by atoms with van der Waals surface area (Å²) in [6.07, 6.45) is 0. The van der Waals surface area contributed by atoms with E-state index in [2.05, 4.69) is 4.72 Å². The van der Waals surface area contributed by atoms with Crippen LogP contribution in [0.1, 0.15) is 18.1 Å². The molecule has 112 valence electrons. The van der Waals surface area contributed by atoms with Crippen molar-refractivity contribution in [2.24, 2.45) is 0 Å². The van der Waals surface area contributed by atoms with Crippen LogP contribution in [0.3, 0.4) is 0 Å². The molecule has 0 aromatic heterocycles. The van der Waals surface area contributed by atoms with E-state index in [0.717, 1.165) is 12.1 Å². The average Bonchev–Trinajstić information content (AvgIpc) is 2.33. The molecule has 0 bridgehead atoms. The summed E-state index contributed by atoms with van der Waals surface area (Å²) in [5.41, 5.74) is 0.623. The Labute approximate surface area is 118 Å². The van der Waals surface area contributed by atoms with Crippen LogP contribution in [0.2, 0.25) is 0 Å². The summed E-state index contributed by atoms with van der Waals surface area (Å²) in [6, 6.07) is 2.31. The molecule has 0 unspecified atom stereocenters. The average molecular weight is 302 g/mol. The van der Waals surface area contributed by atoms with E-state index in [1.54, 1.807) is 14.0 Å². The summed E-state index contributed by atoms with van der Waals surface area (Å²) in [6.45, 7) is 5.01. The molecular formula is C13H19FN2O3S. The van der Waals surface area contributed by atoms with E-state index in [4.69, 9.17) is 0 Å². The number of amides is 1. The van der Waals surface area contributed by atoms with E-state index in [0.29, 0.717) is 17.7 Å². The molecule has 1 aromatic rings. The molecule has 0 spiro atoms. The zero-order valence-corrected chi connectivity index (χ0v) is 12.8. The lowest BCUT2D eigenvalue weighted by Gasteiger charge is -2.16. The number of rotatable bonds is 5. The predicted octanol–water partition coefficient (Wildman–Crippen LogP) is 1.20. The molecule has 0 heterocycles. The number of aryl methyl sites for hydroxylation is 2. The second kappa shape index (κ2) is 6.32. The first kappa shape index (κ1) is 16.6. The van der Waals surface area contributed by atoms with Gasteiger partial charge in [-0.1, -0.05) is 0 Å². The van der Waals surface area contributed by atoms with Gasteiger partial charge in [-0.25, -0.2) is 17.5 Å². The number of hydrogen-bond acceptors (Lipinski definition) is 3. The zero-order valence-electron chi connectivity index (χ0n) is 12.0. The van der Waals surface area contributed by atoms with Crippen LogP contribution in [0.15, 0.2) is 17.0 Å². The van der Waals surface area contributed by atoms with Crippen LogP contribution < -0.4 is 4.72 Å². The van der Waals surface area contributed by atoms with Crippen LogP contribution in [0.25, 0.3) is 0 Å². The Morgan fingerprint density at radius 2 is 1.80 bits per heavy atom. The Kier molecular flexibility index (Phi) is 5.24. The van der Waals surface area contributed by atoms with Crippen molar-refractivity contribution in [3.05, 3.63) is 29.1 Å². The van der Waals surface area contributed by atoms with Gasteiger partial charge in [-0.15, -0.1) is 0 Å². The van der Waals surface area contributed by atoms with E-state index in [9.17, 15) is 17.6 Å². The predicted molar refractivity (Wildman–Crippen MR) is 74.4 cm³/mol. The van der Waals surface area contributed by atoms with Crippen LogP contribution in [-0.4, -0.2) is 39.4 Å². The molecule has 0 aliphatic rings. The molecule has 0 atom stereocenters. The van der Waals surface area contributed by atoms with Gasteiger partial charge in [0.2, 0.25) is 15.9 Å². The highest BCUT2D eigenvalue weighted by molar-refractivity contribution is 7.89. The first-order valence-corrected chi connectivity index (χ1v) is 7.67. The van der Waals surface area contributed by atoms with Gasteiger partial charge in [0.1, 0.15) is 5.82 Å². The van der Waals surface area contributed by atoms with Crippen molar-refractivity contribution < 1.29 is 17.6 Å². The van der Waals surface area contributed by atoms with Crippen molar-refractivity contribution in [2.45, 2.75) is 25.7 Å². The van der Waals surface area contributed by atoms with Crippen LogP contribution in [0.5, 0.6) is 0 Å². The van der Waals surface area contributed by atoms with Crippen LogP contribution in [-0.2, 0) is 14.8 Å². The van der Waals surface area contributed by atoms with E-state index >= 15 is 0 Å². The molecule has 5 nitrogen and oxygen atoms in total. The highest BCUT2D eigenvalue weighted by Gasteiger charge is 2.21. The maximum atomic E-state index is 13.2. The summed E-state index contributed by atoms with van der Waals surface area (Å²) in [7, 11) is -2.25. The van der Waals surface area contributed by atoms with E-state index in [-0.39, 0.29) is 17.3 Å². The largest absolute Gasteiger partial charge is 0.345 e. The fourth-order valence-electron chi connectivity index (χ4n) is 1.86. The lowest BCUT2D eigenvalue weighted by molar-refractivity contribution is -0.128. The van der Waals surface area contributed by atoms with E-state index in [1.807, 2.05) is 0 Å². The number of benzene rings is 1. The maximum absolute atomic E-state index is 13.2. The van der Waals surface area contributed by atoms with Gasteiger partial charge in [-0.05, 0) is 44.0 Å². The first-order chi connectivity index (χ1) is 9.19. The van der Waals surface area contributed by atoms with Crippen molar-refractivity contribution in [1.29, 1.82) is 0 Å². The van der Waals surface area contributed by atoms with Crippen molar-refractivity contribution >= 4 is 15.9 Å². The lowest BCUT2D eigenvalue weighted by Crippen LogP contribution is -2.38. The van der Waals surface area contributed by atoms with Crippen molar-refractivity contribution in [3.63, 3.8) is 0 Å².